The van der Waals surface area contributed by atoms with Crippen molar-refractivity contribution >= 4 is 21.6 Å². The molecule has 0 unspecified atom stereocenters. The maximum absolute atomic E-state index is 12.9. The summed E-state index contributed by atoms with van der Waals surface area (Å²) in [4.78, 5) is 12.4. The zero-order chi connectivity index (χ0) is 19.4. The fourth-order valence-electron chi connectivity index (χ4n) is 3.05. The van der Waals surface area contributed by atoms with Crippen molar-refractivity contribution in [2.75, 3.05) is 4.72 Å². The average Bonchev–Trinajstić information content (AvgIpc) is 2.65. The molecular weight excluding hydrogens is 369 g/mol. The maximum Gasteiger partial charge on any atom is 0.261 e. The summed E-state index contributed by atoms with van der Waals surface area (Å²) in [5, 5.41) is 2.96. The smallest absolute Gasteiger partial charge is 0.261 e. The van der Waals surface area contributed by atoms with Gasteiger partial charge in [-0.15, -0.1) is 0 Å². The van der Waals surface area contributed by atoms with E-state index in [1.165, 1.54) is 48.5 Å². The average molecular weight is 391 g/mol. The first-order valence-corrected chi connectivity index (χ1v) is 10.3. The van der Waals surface area contributed by atoms with Crippen LogP contribution in [0.1, 0.15) is 36.0 Å². The van der Waals surface area contributed by atoms with E-state index in [9.17, 15) is 17.6 Å². The molecule has 8 heteroatoms. The predicted molar refractivity (Wildman–Crippen MR) is 101 cm³/mol. The van der Waals surface area contributed by atoms with Crippen LogP contribution in [-0.4, -0.2) is 26.4 Å². The van der Waals surface area contributed by atoms with Crippen molar-refractivity contribution < 1.29 is 17.6 Å². The van der Waals surface area contributed by atoms with Gasteiger partial charge in [0.15, 0.2) is 0 Å². The van der Waals surface area contributed by atoms with Crippen molar-refractivity contribution in [1.82, 2.24) is 5.32 Å². The molecule has 144 valence electrons. The van der Waals surface area contributed by atoms with Crippen LogP contribution in [0.4, 0.5) is 10.1 Å². The highest BCUT2D eigenvalue weighted by molar-refractivity contribution is 7.92. The summed E-state index contributed by atoms with van der Waals surface area (Å²) in [6, 6.07) is 11.0. The normalized spacial score (nSPS) is 20.1. The first-order valence-electron chi connectivity index (χ1n) is 8.78. The Morgan fingerprint density at radius 1 is 0.963 bits per heavy atom. The van der Waals surface area contributed by atoms with Gasteiger partial charge in [-0.3, -0.25) is 9.52 Å². The van der Waals surface area contributed by atoms with Gasteiger partial charge in [0, 0.05) is 23.3 Å². The van der Waals surface area contributed by atoms with Gasteiger partial charge in [-0.25, -0.2) is 12.8 Å². The molecule has 0 atom stereocenters. The van der Waals surface area contributed by atoms with Crippen LogP contribution in [0, 0.1) is 5.82 Å². The summed E-state index contributed by atoms with van der Waals surface area (Å²) in [5.74, 6) is -0.681. The molecule has 1 saturated carbocycles. The number of halogens is 1. The summed E-state index contributed by atoms with van der Waals surface area (Å²) in [7, 11) is -3.82. The topological polar surface area (TPSA) is 101 Å². The summed E-state index contributed by atoms with van der Waals surface area (Å²) < 4.78 is 40.1. The van der Waals surface area contributed by atoms with Gasteiger partial charge < -0.3 is 11.1 Å². The number of nitrogens with one attached hydrogen (secondary N) is 2. The lowest BCUT2D eigenvalue weighted by atomic mass is 9.91. The monoisotopic (exact) mass is 391 g/mol. The van der Waals surface area contributed by atoms with Crippen molar-refractivity contribution in [1.29, 1.82) is 0 Å². The number of hydrogen-bond acceptors (Lipinski definition) is 4. The second-order valence-corrected chi connectivity index (χ2v) is 8.40. The van der Waals surface area contributed by atoms with E-state index in [4.69, 9.17) is 5.73 Å². The summed E-state index contributed by atoms with van der Waals surface area (Å²) in [6.45, 7) is 0. The van der Waals surface area contributed by atoms with E-state index >= 15 is 0 Å². The largest absolute Gasteiger partial charge is 0.349 e. The second-order valence-electron chi connectivity index (χ2n) is 6.72. The van der Waals surface area contributed by atoms with Crippen molar-refractivity contribution in [2.24, 2.45) is 5.73 Å². The third-order valence-electron chi connectivity index (χ3n) is 4.63. The molecule has 1 aliphatic rings. The minimum absolute atomic E-state index is 0.0204. The fraction of sp³-hybridized carbons (Fsp3) is 0.316. The Morgan fingerprint density at radius 2 is 1.56 bits per heavy atom. The van der Waals surface area contributed by atoms with E-state index in [0.717, 1.165) is 25.7 Å². The predicted octanol–water partition coefficient (Wildman–Crippen LogP) is 2.63. The zero-order valence-electron chi connectivity index (χ0n) is 14.7. The molecule has 1 fully saturated rings. The number of nitrogens with two attached hydrogens (primary N) is 1. The van der Waals surface area contributed by atoms with Gasteiger partial charge in [0.25, 0.3) is 15.9 Å². The van der Waals surface area contributed by atoms with E-state index in [2.05, 4.69) is 10.0 Å². The van der Waals surface area contributed by atoms with Crippen molar-refractivity contribution in [3.05, 3.63) is 59.9 Å². The quantitative estimate of drug-likeness (QED) is 0.729. The maximum atomic E-state index is 12.9. The second kappa shape index (κ2) is 8.06. The number of hydrogen-bond donors (Lipinski definition) is 3. The van der Waals surface area contributed by atoms with Crippen LogP contribution < -0.4 is 15.8 Å². The molecule has 0 saturated heterocycles. The molecule has 2 aromatic rings. The Hall–Kier alpha value is -2.45. The molecule has 0 radical (unpaired) electrons. The number of anilines is 1. The Bertz CT molecular complexity index is 891. The molecule has 27 heavy (non-hydrogen) atoms. The highest BCUT2D eigenvalue weighted by atomic mass is 32.2. The van der Waals surface area contributed by atoms with Crippen LogP contribution in [0.5, 0.6) is 0 Å². The molecule has 1 aliphatic carbocycles. The third kappa shape index (κ3) is 5.05. The highest BCUT2D eigenvalue weighted by Gasteiger charge is 2.21. The molecule has 1 amide bonds. The van der Waals surface area contributed by atoms with Crippen LogP contribution in [0.15, 0.2) is 53.4 Å². The Balaban J connectivity index is 1.65. The van der Waals surface area contributed by atoms with E-state index in [-0.39, 0.29) is 28.6 Å². The van der Waals surface area contributed by atoms with Crippen LogP contribution >= 0.6 is 0 Å². The molecule has 3 rings (SSSR count). The molecule has 0 bridgehead atoms. The third-order valence-corrected chi connectivity index (χ3v) is 6.03. The van der Waals surface area contributed by atoms with Crippen LogP contribution in [-0.2, 0) is 10.0 Å². The first kappa shape index (κ1) is 19.3. The summed E-state index contributed by atoms with van der Waals surface area (Å²) in [6.07, 6.45) is 3.47. The van der Waals surface area contributed by atoms with E-state index < -0.39 is 15.8 Å². The molecule has 0 spiro atoms. The van der Waals surface area contributed by atoms with Gasteiger partial charge in [-0.1, -0.05) is 0 Å². The number of carbonyl (C=O) groups excluding carboxylic acids is 1. The summed E-state index contributed by atoms with van der Waals surface area (Å²) in [5.41, 5.74) is 6.52. The molecule has 0 aromatic heterocycles. The van der Waals surface area contributed by atoms with E-state index in [1.807, 2.05) is 0 Å². The minimum Gasteiger partial charge on any atom is -0.349 e. The van der Waals surface area contributed by atoms with E-state index in [0.29, 0.717) is 5.56 Å². The number of rotatable bonds is 5. The van der Waals surface area contributed by atoms with Gasteiger partial charge in [-0.05, 0) is 74.2 Å². The van der Waals surface area contributed by atoms with Crippen LogP contribution in [0.3, 0.4) is 0 Å². The minimum atomic E-state index is -3.82. The van der Waals surface area contributed by atoms with Crippen LogP contribution in [0.2, 0.25) is 0 Å². The molecule has 2 aromatic carbocycles. The molecule has 6 nitrogen and oxygen atoms in total. The molecular formula is C19H22FN3O3S. The SMILES string of the molecule is NC1CCC(NC(=O)c2ccc(S(=O)(=O)Nc3ccc(F)cc3)cc2)CC1. The van der Waals surface area contributed by atoms with Crippen molar-refractivity contribution in [2.45, 2.75) is 42.7 Å². The summed E-state index contributed by atoms with van der Waals surface area (Å²) >= 11 is 0. The number of sulfonamides is 1. The van der Waals surface area contributed by atoms with Gasteiger partial charge in [0.05, 0.1) is 4.90 Å². The Labute approximate surface area is 158 Å². The Morgan fingerprint density at radius 3 is 2.15 bits per heavy atom. The standard InChI is InChI=1S/C19H22FN3O3S/c20-14-3-7-17(8-4-14)23-27(25,26)18-11-1-13(2-12-18)19(24)22-16-9-5-15(21)6-10-16/h1-4,7-8,11-12,15-16,23H,5-6,9-10,21H2,(H,22,24). The fourth-order valence-corrected chi connectivity index (χ4v) is 4.11. The highest BCUT2D eigenvalue weighted by Crippen LogP contribution is 2.19. The zero-order valence-corrected chi connectivity index (χ0v) is 15.5. The Kier molecular flexibility index (Phi) is 5.76. The molecule has 0 aliphatic heterocycles. The van der Waals surface area contributed by atoms with Gasteiger partial charge >= 0.3 is 0 Å². The lowest BCUT2D eigenvalue weighted by Crippen LogP contribution is -2.40. The van der Waals surface area contributed by atoms with Gasteiger partial charge in [0.2, 0.25) is 0 Å². The number of carbonyl (C=O) groups is 1. The van der Waals surface area contributed by atoms with E-state index in [1.54, 1.807) is 0 Å². The van der Waals surface area contributed by atoms with Crippen molar-refractivity contribution in [3.8, 4) is 0 Å². The van der Waals surface area contributed by atoms with Gasteiger partial charge in [-0.2, -0.15) is 0 Å². The molecule has 0 heterocycles. The van der Waals surface area contributed by atoms with Crippen LogP contribution in [0.25, 0.3) is 0 Å². The lowest BCUT2D eigenvalue weighted by Gasteiger charge is -2.26. The number of amides is 1. The molecule has 4 N–H and O–H groups in total. The van der Waals surface area contributed by atoms with Crippen molar-refractivity contribution in [3.63, 3.8) is 0 Å². The first-order chi connectivity index (χ1) is 12.8. The van der Waals surface area contributed by atoms with Gasteiger partial charge in [0.1, 0.15) is 5.82 Å². The number of benzene rings is 2. The lowest BCUT2D eigenvalue weighted by molar-refractivity contribution is 0.0925.